The molecule has 2 rings (SSSR count). The molecule has 0 spiro atoms. The van der Waals surface area contributed by atoms with Crippen LogP contribution in [0.3, 0.4) is 0 Å². The van der Waals surface area contributed by atoms with Crippen molar-refractivity contribution < 1.29 is 4.74 Å². The average molecular weight is 242 g/mol. The van der Waals surface area contributed by atoms with Crippen LogP contribution in [0.15, 0.2) is 0 Å². The van der Waals surface area contributed by atoms with Crippen molar-refractivity contribution in [2.24, 2.45) is 5.73 Å². The summed E-state index contributed by atoms with van der Waals surface area (Å²) in [4.78, 5) is 6.10. The van der Waals surface area contributed by atoms with Gasteiger partial charge in [-0.1, -0.05) is 12.2 Å². The molecule has 0 aliphatic heterocycles. The third-order valence-electron chi connectivity index (χ3n) is 2.41. The van der Waals surface area contributed by atoms with Crippen molar-refractivity contribution in [1.29, 1.82) is 0 Å². The predicted molar refractivity (Wildman–Crippen MR) is 65.6 cm³/mol. The second-order valence-electron chi connectivity index (χ2n) is 3.70. The zero-order valence-electron chi connectivity index (χ0n) is 8.66. The molecule has 0 saturated heterocycles. The first-order valence-electron chi connectivity index (χ1n) is 5.00. The molecule has 1 heterocycles. The van der Waals surface area contributed by atoms with Crippen LogP contribution in [0.5, 0.6) is 0 Å². The molecule has 0 bridgehead atoms. The van der Waals surface area contributed by atoms with E-state index in [-0.39, 0.29) is 0 Å². The van der Waals surface area contributed by atoms with E-state index in [1.165, 1.54) is 12.8 Å². The van der Waals surface area contributed by atoms with Crippen molar-refractivity contribution in [3.05, 3.63) is 15.6 Å². The fraction of sp³-hybridized carbons (Fsp3) is 0.600. The number of nitrogens with zero attached hydrogens (tertiary/aromatic N) is 1. The Morgan fingerprint density at radius 1 is 1.67 bits per heavy atom. The minimum absolute atomic E-state index is 0.484. The molecule has 0 atom stereocenters. The van der Waals surface area contributed by atoms with Gasteiger partial charge in [-0.3, -0.25) is 0 Å². The highest BCUT2D eigenvalue weighted by Crippen LogP contribution is 2.42. The molecule has 0 radical (unpaired) electrons. The molecule has 15 heavy (non-hydrogen) atoms. The SMILES string of the molecule is COCCc1nc(C2CC2)c(C(N)=S)s1. The van der Waals surface area contributed by atoms with E-state index in [9.17, 15) is 0 Å². The normalized spacial score (nSPS) is 15.5. The van der Waals surface area contributed by atoms with Gasteiger partial charge in [-0.2, -0.15) is 0 Å². The molecule has 3 nitrogen and oxygen atoms in total. The largest absolute Gasteiger partial charge is 0.389 e. The number of methoxy groups -OCH3 is 1. The fourth-order valence-corrected chi connectivity index (χ4v) is 2.70. The zero-order chi connectivity index (χ0) is 10.8. The van der Waals surface area contributed by atoms with Crippen molar-refractivity contribution in [1.82, 2.24) is 4.98 Å². The van der Waals surface area contributed by atoms with Gasteiger partial charge in [-0.25, -0.2) is 4.98 Å². The average Bonchev–Trinajstić information content (AvgIpc) is 2.95. The van der Waals surface area contributed by atoms with Crippen LogP contribution < -0.4 is 5.73 Å². The van der Waals surface area contributed by atoms with E-state index in [0.29, 0.717) is 17.5 Å². The molecular weight excluding hydrogens is 228 g/mol. The molecule has 0 unspecified atom stereocenters. The molecule has 0 amide bonds. The Kier molecular flexibility index (Phi) is 3.33. The molecule has 1 aromatic rings. The molecule has 2 N–H and O–H groups in total. The number of thiocarbonyl (C=S) groups is 1. The second-order valence-corrected chi connectivity index (χ2v) is 5.23. The second kappa shape index (κ2) is 4.55. The van der Waals surface area contributed by atoms with Crippen molar-refractivity contribution in [3.8, 4) is 0 Å². The van der Waals surface area contributed by atoms with Gasteiger partial charge in [0.1, 0.15) is 4.99 Å². The first-order valence-corrected chi connectivity index (χ1v) is 6.23. The van der Waals surface area contributed by atoms with Crippen molar-refractivity contribution in [2.45, 2.75) is 25.2 Å². The summed E-state index contributed by atoms with van der Waals surface area (Å²) in [6.45, 7) is 0.703. The minimum atomic E-state index is 0.484. The van der Waals surface area contributed by atoms with Crippen LogP contribution in [0.4, 0.5) is 0 Å². The molecule has 1 fully saturated rings. The van der Waals surface area contributed by atoms with E-state index >= 15 is 0 Å². The van der Waals surface area contributed by atoms with E-state index in [4.69, 9.17) is 22.7 Å². The first kappa shape index (κ1) is 11.0. The summed E-state index contributed by atoms with van der Waals surface area (Å²) in [5.41, 5.74) is 6.82. The smallest absolute Gasteiger partial charge is 0.116 e. The minimum Gasteiger partial charge on any atom is -0.389 e. The lowest BCUT2D eigenvalue weighted by Crippen LogP contribution is -2.09. The Hall–Kier alpha value is -0.520. The Morgan fingerprint density at radius 2 is 2.40 bits per heavy atom. The molecule has 1 aliphatic carbocycles. The summed E-state index contributed by atoms with van der Waals surface area (Å²) in [6.07, 6.45) is 3.30. The summed E-state index contributed by atoms with van der Waals surface area (Å²) in [5, 5.41) is 1.08. The van der Waals surface area contributed by atoms with Gasteiger partial charge in [-0.15, -0.1) is 11.3 Å². The summed E-state index contributed by atoms with van der Waals surface area (Å²) >= 11 is 6.66. The van der Waals surface area contributed by atoms with Gasteiger partial charge in [0.15, 0.2) is 0 Å². The standard InChI is InChI=1S/C10H14N2OS2/c1-13-5-4-7-12-8(6-2-3-6)9(15-7)10(11)14/h6H,2-5H2,1H3,(H2,11,14). The number of hydrogen-bond donors (Lipinski definition) is 1. The van der Waals surface area contributed by atoms with Crippen LogP contribution in [0.2, 0.25) is 0 Å². The third kappa shape index (κ3) is 2.53. The molecule has 0 aromatic carbocycles. The van der Waals surface area contributed by atoms with Gasteiger partial charge in [0.05, 0.1) is 22.2 Å². The fourth-order valence-electron chi connectivity index (χ4n) is 1.48. The lowest BCUT2D eigenvalue weighted by molar-refractivity contribution is 0.202. The van der Waals surface area contributed by atoms with Gasteiger partial charge >= 0.3 is 0 Å². The monoisotopic (exact) mass is 242 g/mol. The first-order chi connectivity index (χ1) is 7.22. The molecule has 1 saturated carbocycles. The Balaban J connectivity index is 2.19. The highest BCUT2D eigenvalue weighted by atomic mass is 32.1. The Bertz CT molecular complexity index is 371. The number of ether oxygens (including phenoxy) is 1. The molecule has 1 aromatic heterocycles. The maximum atomic E-state index is 5.69. The van der Waals surface area contributed by atoms with Crippen molar-refractivity contribution in [3.63, 3.8) is 0 Å². The van der Waals surface area contributed by atoms with E-state index in [0.717, 1.165) is 22.0 Å². The maximum Gasteiger partial charge on any atom is 0.116 e. The van der Waals surface area contributed by atoms with Gasteiger partial charge < -0.3 is 10.5 Å². The van der Waals surface area contributed by atoms with E-state index in [1.807, 2.05) is 0 Å². The zero-order valence-corrected chi connectivity index (χ0v) is 10.3. The van der Waals surface area contributed by atoms with Crippen LogP contribution >= 0.6 is 23.6 Å². The van der Waals surface area contributed by atoms with Crippen LogP contribution in [-0.2, 0) is 11.2 Å². The number of rotatable bonds is 5. The van der Waals surface area contributed by atoms with Crippen LogP contribution in [0.25, 0.3) is 0 Å². The number of thiazole rings is 1. The van der Waals surface area contributed by atoms with Crippen molar-refractivity contribution >= 4 is 28.5 Å². The molecular formula is C10H14N2OS2. The number of aromatic nitrogens is 1. The van der Waals surface area contributed by atoms with Crippen LogP contribution in [0.1, 0.15) is 34.3 Å². The summed E-state index contributed by atoms with van der Waals surface area (Å²) in [6, 6.07) is 0. The lowest BCUT2D eigenvalue weighted by Gasteiger charge is -1.95. The van der Waals surface area contributed by atoms with Gasteiger partial charge in [0, 0.05) is 19.4 Å². The van der Waals surface area contributed by atoms with Crippen LogP contribution in [-0.4, -0.2) is 23.7 Å². The highest BCUT2D eigenvalue weighted by molar-refractivity contribution is 7.81. The third-order valence-corrected chi connectivity index (χ3v) is 3.90. The lowest BCUT2D eigenvalue weighted by atomic mass is 10.2. The Morgan fingerprint density at radius 3 is 2.93 bits per heavy atom. The van der Waals surface area contributed by atoms with Gasteiger partial charge in [-0.05, 0) is 12.8 Å². The highest BCUT2D eigenvalue weighted by Gasteiger charge is 2.30. The number of nitrogens with two attached hydrogens (primary N) is 1. The van der Waals surface area contributed by atoms with E-state index in [1.54, 1.807) is 18.4 Å². The van der Waals surface area contributed by atoms with Gasteiger partial charge in [0.25, 0.3) is 0 Å². The quantitative estimate of drug-likeness (QED) is 0.800. The maximum absolute atomic E-state index is 5.69. The van der Waals surface area contributed by atoms with E-state index in [2.05, 4.69) is 4.98 Å². The summed E-state index contributed by atoms with van der Waals surface area (Å²) in [5.74, 6) is 0.606. The summed E-state index contributed by atoms with van der Waals surface area (Å²) < 4.78 is 5.03. The predicted octanol–water partition coefficient (Wildman–Crippen LogP) is 1.84. The topological polar surface area (TPSA) is 48.1 Å². The van der Waals surface area contributed by atoms with Gasteiger partial charge in [0.2, 0.25) is 0 Å². The van der Waals surface area contributed by atoms with E-state index < -0.39 is 0 Å². The number of hydrogen-bond acceptors (Lipinski definition) is 4. The van der Waals surface area contributed by atoms with Crippen molar-refractivity contribution in [2.75, 3.05) is 13.7 Å². The Labute approximate surface area is 98.7 Å². The molecule has 82 valence electrons. The molecule has 1 aliphatic rings. The summed E-state index contributed by atoms with van der Waals surface area (Å²) in [7, 11) is 1.70. The van der Waals surface area contributed by atoms with Crippen LogP contribution in [0, 0.1) is 0 Å². The molecule has 5 heteroatoms.